The number of halogens is 2. The van der Waals surface area contributed by atoms with E-state index < -0.39 is 32.3 Å². The van der Waals surface area contributed by atoms with Gasteiger partial charge in [-0.1, -0.05) is 103 Å². The Hall–Kier alpha value is -1.73. The van der Waals surface area contributed by atoms with Gasteiger partial charge in [0.1, 0.15) is 0 Å². The van der Waals surface area contributed by atoms with Gasteiger partial charge in [0.05, 0.1) is 32.3 Å². The summed E-state index contributed by atoms with van der Waals surface area (Å²) >= 11 is 3.11. The van der Waals surface area contributed by atoms with Gasteiger partial charge < -0.3 is 24.8 Å². The second-order valence-corrected chi connectivity index (χ2v) is 45.7. The van der Waals surface area contributed by atoms with Gasteiger partial charge in [-0.05, 0) is 0 Å². The summed E-state index contributed by atoms with van der Waals surface area (Å²) in [7, 11) is -4.47. The Kier molecular flexibility index (Phi) is 24.3. The van der Waals surface area contributed by atoms with Gasteiger partial charge in [0.2, 0.25) is 0 Å². The van der Waals surface area contributed by atoms with E-state index in [1.165, 1.54) is 49.5 Å². The van der Waals surface area contributed by atoms with Crippen molar-refractivity contribution in [2.75, 3.05) is 0 Å². The molecular formula is C54H72Cl2Si4Zr2-2. The molecule has 0 unspecified atom stereocenters. The molecule has 0 aliphatic rings. The quantitative estimate of drug-likeness (QED) is 0.124. The first-order valence-corrected chi connectivity index (χ1v) is 37.9. The fraction of sp³-hybridized carbons (Fsp3) is 0.296. The van der Waals surface area contributed by atoms with Crippen molar-refractivity contribution in [3.63, 3.8) is 0 Å². The monoisotopic (exact) mass is 1080 g/mol. The second-order valence-electron chi connectivity index (χ2n) is 20.5. The number of hydrogen-bond donors (Lipinski definition) is 0. The minimum absolute atomic E-state index is 0. The van der Waals surface area contributed by atoms with Gasteiger partial charge in [0, 0.05) is 0 Å². The Morgan fingerprint density at radius 2 is 0.468 bits per heavy atom. The minimum Gasteiger partial charge on any atom is -1.00 e. The third-order valence-electron chi connectivity index (χ3n) is 9.94. The van der Waals surface area contributed by atoms with E-state index in [1.54, 1.807) is 69.2 Å². The molecule has 0 aliphatic carbocycles. The Balaban J connectivity index is 0.000000386. The van der Waals surface area contributed by atoms with Crippen molar-refractivity contribution in [1.29, 1.82) is 0 Å². The van der Waals surface area contributed by atoms with E-state index in [9.17, 15) is 0 Å². The van der Waals surface area contributed by atoms with Crippen LogP contribution in [0.2, 0.25) is 78.6 Å². The molecular weight excluding hydrogens is 1010 g/mol. The maximum absolute atomic E-state index is 2.39. The van der Waals surface area contributed by atoms with Crippen molar-refractivity contribution < 1.29 is 73.3 Å². The van der Waals surface area contributed by atoms with E-state index in [-0.39, 0.29) is 24.8 Å². The van der Waals surface area contributed by atoms with E-state index in [4.69, 9.17) is 0 Å². The fourth-order valence-electron chi connectivity index (χ4n) is 6.33. The van der Waals surface area contributed by atoms with Crippen LogP contribution >= 0.6 is 0 Å². The second kappa shape index (κ2) is 25.8. The average molecular weight is 1090 g/mol. The first kappa shape index (κ1) is 58.3. The first-order chi connectivity index (χ1) is 27.8. The zero-order valence-corrected chi connectivity index (χ0v) is 51.0. The van der Waals surface area contributed by atoms with Crippen LogP contribution in [0.5, 0.6) is 0 Å². The standard InChI is InChI=1S/4C12H15Si.2C3H6.2ClH.2Zr/c4*1-13(2,3)12-8-10-6-4-5-7-11(10)9-12;2*1-3-2;;;;/h4*4-9H,1-3H3;2*1-2H3;2*1H;;/q4*-1;;;;;2*+2/p-2. The molecule has 0 atom stereocenters. The van der Waals surface area contributed by atoms with Gasteiger partial charge in [-0.2, -0.15) is 45.8 Å². The van der Waals surface area contributed by atoms with Crippen LogP contribution in [0.4, 0.5) is 0 Å². The molecule has 0 saturated carbocycles. The molecule has 0 aromatic heterocycles. The largest absolute Gasteiger partial charge is 1.00 e. The molecule has 8 rings (SSSR count). The summed E-state index contributed by atoms with van der Waals surface area (Å²) in [5.74, 6) is 0. The van der Waals surface area contributed by atoms with Crippen molar-refractivity contribution >= 4 is 103 Å². The maximum atomic E-state index is 2.39. The van der Waals surface area contributed by atoms with E-state index in [1.807, 2.05) is 0 Å². The molecule has 0 spiro atoms. The summed E-state index contributed by atoms with van der Waals surface area (Å²) in [5.41, 5.74) is 0. The van der Waals surface area contributed by atoms with Crippen LogP contribution in [0.25, 0.3) is 43.1 Å². The van der Waals surface area contributed by atoms with Crippen LogP contribution in [0.1, 0.15) is 27.7 Å². The molecule has 0 N–H and O–H groups in total. The van der Waals surface area contributed by atoms with Crippen molar-refractivity contribution in [3.8, 4) is 0 Å². The van der Waals surface area contributed by atoms with Crippen LogP contribution in [0, 0.1) is 0 Å². The summed E-state index contributed by atoms with van der Waals surface area (Å²) in [5, 5.41) is 17.4. The van der Waals surface area contributed by atoms with Crippen molar-refractivity contribution in [1.82, 2.24) is 0 Å². The maximum Gasteiger partial charge on any atom is 0.0564 e. The number of rotatable bonds is 4. The Labute approximate surface area is 423 Å². The molecule has 0 aliphatic heterocycles. The van der Waals surface area contributed by atoms with Crippen molar-refractivity contribution in [3.05, 3.63) is 146 Å². The molecule has 0 heterocycles. The van der Waals surface area contributed by atoms with E-state index in [0.717, 1.165) is 0 Å². The predicted octanol–water partition coefficient (Wildman–Crippen LogP) is 7.91. The summed E-state index contributed by atoms with van der Waals surface area (Å²) < 4.78 is 3.01. The topological polar surface area (TPSA) is 0 Å². The molecule has 328 valence electrons. The first-order valence-electron chi connectivity index (χ1n) is 21.4. The Morgan fingerprint density at radius 3 is 0.597 bits per heavy atom. The summed E-state index contributed by atoms with van der Waals surface area (Å²) in [6, 6.07) is 53.2. The Morgan fingerprint density at radius 1 is 0.323 bits per heavy atom. The molecule has 62 heavy (non-hydrogen) atoms. The summed E-state index contributed by atoms with van der Waals surface area (Å²) in [4.78, 5) is 0. The van der Waals surface area contributed by atoms with E-state index in [0.29, 0.717) is 0 Å². The normalized spacial score (nSPS) is 11.2. The minimum atomic E-state index is -1.12. The van der Waals surface area contributed by atoms with Gasteiger partial charge >= 0.3 is 82.6 Å². The molecule has 8 heteroatoms. The van der Waals surface area contributed by atoms with Crippen LogP contribution in [-0.4, -0.2) is 38.7 Å². The number of fused-ring (bicyclic) bond motifs is 4. The van der Waals surface area contributed by atoms with E-state index >= 15 is 0 Å². The van der Waals surface area contributed by atoms with Gasteiger partial charge in [-0.25, -0.2) is 0 Å². The predicted molar refractivity (Wildman–Crippen MR) is 283 cm³/mol. The summed E-state index contributed by atoms with van der Waals surface area (Å²) in [6.45, 7) is 37.2. The molecule has 0 radical (unpaired) electrons. The van der Waals surface area contributed by atoms with Crippen LogP contribution in [-0.2, 0) is 48.5 Å². The van der Waals surface area contributed by atoms with Gasteiger partial charge in [-0.15, -0.1) is 139 Å². The van der Waals surface area contributed by atoms with Crippen LogP contribution in [0.3, 0.4) is 0 Å². The Bertz CT molecular complexity index is 2090. The van der Waals surface area contributed by atoms with Gasteiger partial charge in [0.25, 0.3) is 0 Å². The average Bonchev–Trinajstić information content (AvgIpc) is 3.95. The summed E-state index contributed by atoms with van der Waals surface area (Å²) in [6.07, 6.45) is 0. The molecule has 8 aromatic carbocycles. The fourth-order valence-corrected chi connectivity index (χ4v) is 11.0. The molecule has 0 amide bonds. The van der Waals surface area contributed by atoms with Crippen molar-refractivity contribution in [2.24, 2.45) is 0 Å². The van der Waals surface area contributed by atoms with Crippen molar-refractivity contribution in [2.45, 2.75) is 106 Å². The van der Waals surface area contributed by atoms with Crippen LogP contribution in [0.15, 0.2) is 146 Å². The number of benzene rings is 4. The molecule has 0 nitrogen and oxygen atoms in total. The SMILES string of the molecule is C[C](C)=[Zr+2].C[C](C)=[Zr+2].C[Si](C)(C)c1cc2ccccc2[cH-]1.C[Si](C)(C)c1cc2ccccc2[cH-]1.C[Si](C)(C)c1cc2ccccc2[cH-]1.C[Si](C)(C)c1cc2ccccc2[cH-]1.[Cl-].[Cl-]. The molecule has 0 bridgehead atoms. The smallest absolute Gasteiger partial charge is 0.0564 e. The van der Waals surface area contributed by atoms with E-state index in [2.05, 4.69) is 252 Å². The number of hydrogen-bond acceptors (Lipinski definition) is 0. The molecule has 0 fully saturated rings. The zero-order chi connectivity index (χ0) is 45.1. The van der Waals surface area contributed by atoms with Gasteiger partial charge in [-0.3, -0.25) is 0 Å². The zero-order valence-electron chi connectivity index (χ0n) is 40.6. The molecule has 8 aromatic rings. The third kappa shape index (κ3) is 19.8. The van der Waals surface area contributed by atoms with Gasteiger partial charge in [0.15, 0.2) is 0 Å². The third-order valence-corrected chi connectivity index (χ3v) is 18.0. The molecule has 0 saturated heterocycles. The van der Waals surface area contributed by atoms with Crippen LogP contribution < -0.4 is 45.6 Å².